The first-order chi connectivity index (χ1) is 10.8. The van der Waals surface area contributed by atoms with Crippen LogP contribution in [-0.2, 0) is 9.47 Å². The first-order valence-corrected chi connectivity index (χ1v) is 7.04. The first kappa shape index (κ1) is 15.7. The van der Waals surface area contributed by atoms with E-state index in [1.165, 1.54) is 0 Å². The van der Waals surface area contributed by atoms with Crippen LogP contribution in [0.1, 0.15) is 24.4 Å². The zero-order valence-electron chi connectivity index (χ0n) is 12.1. The number of ether oxygens (including phenoxy) is 2. The summed E-state index contributed by atoms with van der Waals surface area (Å²) < 4.78 is 20.1. The molecule has 0 aliphatic carbocycles. The van der Waals surface area contributed by atoms with Gasteiger partial charge in [-0.1, -0.05) is 12.2 Å². The van der Waals surface area contributed by atoms with Gasteiger partial charge in [-0.2, -0.15) is 0 Å². The zero-order chi connectivity index (χ0) is 15.5. The fraction of sp³-hybridized carbons (Fsp3) is 0.235. The Kier molecular flexibility index (Phi) is 6.62. The van der Waals surface area contributed by atoms with E-state index in [1.807, 2.05) is 48.6 Å². The lowest BCUT2D eigenvalue weighted by Crippen LogP contribution is -2.08. The molecule has 22 heavy (non-hydrogen) atoms. The van der Waals surface area contributed by atoms with E-state index in [9.17, 15) is 4.79 Å². The molecule has 0 spiro atoms. The standard InChI is InChI=1S/C17H18O5/c18-17(21-11-3-1-7-15-9-5-13-19-15)22-12-4-2-8-16-10-6-14-20-16/h1-2,5-10,13-14H,3-4,11-12H2. The minimum Gasteiger partial charge on any atom is -0.465 e. The Labute approximate surface area is 128 Å². The molecule has 2 rings (SSSR count). The highest BCUT2D eigenvalue weighted by Crippen LogP contribution is 2.04. The Bertz CT molecular complexity index is 526. The molecule has 0 amide bonds. The summed E-state index contributed by atoms with van der Waals surface area (Å²) in [5, 5.41) is 0. The van der Waals surface area contributed by atoms with Crippen molar-refractivity contribution in [2.24, 2.45) is 0 Å². The van der Waals surface area contributed by atoms with Crippen LogP contribution in [0.5, 0.6) is 0 Å². The van der Waals surface area contributed by atoms with Gasteiger partial charge < -0.3 is 18.3 Å². The van der Waals surface area contributed by atoms with E-state index < -0.39 is 6.16 Å². The predicted molar refractivity (Wildman–Crippen MR) is 82.0 cm³/mol. The van der Waals surface area contributed by atoms with Crippen molar-refractivity contribution in [2.75, 3.05) is 13.2 Å². The summed E-state index contributed by atoms with van der Waals surface area (Å²) in [4.78, 5) is 11.3. The van der Waals surface area contributed by atoms with Crippen LogP contribution < -0.4 is 0 Å². The molecule has 0 unspecified atom stereocenters. The summed E-state index contributed by atoms with van der Waals surface area (Å²) in [6, 6.07) is 7.32. The number of furan rings is 2. The Hall–Kier alpha value is -2.69. The summed E-state index contributed by atoms with van der Waals surface area (Å²) in [7, 11) is 0. The topological polar surface area (TPSA) is 61.8 Å². The van der Waals surface area contributed by atoms with E-state index in [0.717, 1.165) is 11.5 Å². The number of carbonyl (C=O) groups is 1. The van der Waals surface area contributed by atoms with E-state index in [0.29, 0.717) is 12.8 Å². The van der Waals surface area contributed by atoms with Gasteiger partial charge in [0.1, 0.15) is 11.5 Å². The minimum absolute atomic E-state index is 0.276. The van der Waals surface area contributed by atoms with Crippen LogP contribution in [0.3, 0.4) is 0 Å². The highest BCUT2D eigenvalue weighted by molar-refractivity contribution is 5.59. The van der Waals surface area contributed by atoms with Crippen molar-refractivity contribution in [3.05, 3.63) is 60.5 Å². The van der Waals surface area contributed by atoms with Gasteiger partial charge in [0, 0.05) is 12.8 Å². The fourth-order valence-corrected chi connectivity index (χ4v) is 1.63. The second-order valence-corrected chi connectivity index (χ2v) is 4.36. The SMILES string of the molecule is O=C(OCCC=Cc1ccco1)OCCC=Cc1ccco1. The molecule has 0 aromatic carbocycles. The largest absolute Gasteiger partial charge is 0.508 e. The molecule has 0 atom stereocenters. The van der Waals surface area contributed by atoms with Crippen molar-refractivity contribution in [3.63, 3.8) is 0 Å². The third kappa shape index (κ3) is 6.17. The van der Waals surface area contributed by atoms with Crippen LogP contribution >= 0.6 is 0 Å². The number of hydrogen-bond donors (Lipinski definition) is 0. The molecular formula is C17H18O5. The molecule has 0 aliphatic heterocycles. The fourth-order valence-electron chi connectivity index (χ4n) is 1.63. The number of hydrogen-bond acceptors (Lipinski definition) is 5. The van der Waals surface area contributed by atoms with Crippen molar-refractivity contribution < 1.29 is 23.1 Å². The average Bonchev–Trinajstić information content (AvgIpc) is 3.19. The Morgan fingerprint density at radius 1 is 0.909 bits per heavy atom. The van der Waals surface area contributed by atoms with Crippen LogP contribution in [-0.4, -0.2) is 19.4 Å². The summed E-state index contributed by atoms with van der Waals surface area (Å²) >= 11 is 0. The molecule has 5 heteroatoms. The molecule has 0 fully saturated rings. The normalized spacial score (nSPS) is 11.3. The molecule has 0 saturated carbocycles. The van der Waals surface area contributed by atoms with Gasteiger partial charge in [-0.15, -0.1) is 0 Å². The van der Waals surface area contributed by atoms with Gasteiger partial charge in [-0.05, 0) is 36.4 Å². The lowest BCUT2D eigenvalue weighted by Gasteiger charge is -2.03. The molecule has 2 aromatic heterocycles. The summed E-state index contributed by atoms with van der Waals surface area (Å²) in [6.45, 7) is 0.552. The maximum Gasteiger partial charge on any atom is 0.508 e. The Morgan fingerprint density at radius 2 is 1.41 bits per heavy atom. The van der Waals surface area contributed by atoms with Gasteiger partial charge in [-0.25, -0.2) is 4.79 Å². The van der Waals surface area contributed by atoms with Gasteiger partial charge in [0.2, 0.25) is 0 Å². The van der Waals surface area contributed by atoms with Crippen molar-refractivity contribution in [2.45, 2.75) is 12.8 Å². The second-order valence-electron chi connectivity index (χ2n) is 4.36. The maximum atomic E-state index is 11.3. The smallest absolute Gasteiger partial charge is 0.465 e. The molecular weight excluding hydrogens is 284 g/mol. The van der Waals surface area contributed by atoms with Gasteiger partial charge in [0.15, 0.2) is 0 Å². The maximum absolute atomic E-state index is 11.3. The Morgan fingerprint density at radius 3 is 1.82 bits per heavy atom. The molecule has 5 nitrogen and oxygen atoms in total. The number of carbonyl (C=O) groups excluding carboxylic acids is 1. The van der Waals surface area contributed by atoms with Gasteiger partial charge >= 0.3 is 6.16 Å². The minimum atomic E-state index is -0.655. The quantitative estimate of drug-likeness (QED) is 0.529. The predicted octanol–water partition coefficient (Wildman–Crippen LogP) is 4.53. The second kappa shape index (κ2) is 9.28. The highest BCUT2D eigenvalue weighted by atomic mass is 16.7. The molecule has 2 heterocycles. The van der Waals surface area contributed by atoms with E-state index >= 15 is 0 Å². The van der Waals surface area contributed by atoms with Gasteiger partial charge in [0.25, 0.3) is 0 Å². The lowest BCUT2D eigenvalue weighted by atomic mass is 10.3. The van der Waals surface area contributed by atoms with Crippen LogP contribution in [0.4, 0.5) is 4.79 Å². The van der Waals surface area contributed by atoms with Crippen molar-refractivity contribution in [1.82, 2.24) is 0 Å². The van der Waals surface area contributed by atoms with Crippen LogP contribution in [0.15, 0.2) is 57.8 Å². The van der Waals surface area contributed by atoms with Gasteiger partial charge in [-0.3, -0.25) is 0 Å². The van der Waals surface area contributed by atoms with Gasteiger partial charge in [0.05, 0.1) is 25.7 Å². The van der Waals surface area contributed by atoms with E-state index in [1.54, 1.807) is 12.5 Å². The summed E-state index contributed by atoms with van der Waals surface area (Å²) in [5.74, 6) is 1.54. The monoisotopic (exact) mass is 302 g/mol. The molecule has 0 bridgehead atoms. The van der Waals surface area contributed by atoms with Crippen LogP contribution in [0.2, 0.25) is 0 Å². The molecule has 0 N–H and O–H groups in total. The van der Waals surface area contributed by atoms with Crippen molar-refractivity contribution >= 4 is 18.3 Å². The first-order valence-electron chi connectivity index (χ1n) is 7.04. The number of rotatable bonds is 8. The van der Waals surface area contributed by atoms with Crippen molar-refractivity contribution in [1.29, 1.82) is 0 Å². The third-order valence-electron chi connectivity index (χ3n) is 2.66. The molecule has 116 valence electrons. The molecule has 0 saturated heterocycles. The summed E-state index contributed by atoms with van der Waals surface area (Å²) in [5.41, 5.74) is 0. The average molecular weight is 302 g/mol. The van der Waals surface area contributed by atoms with E-state index in [2.05, 4.69) is 0 Å². The lowest BCUT2D eigenvalue weighted by molar-refractivity contribution is 0.0578. The zero-order valence-corrected chi connectivity index (χ0v) is 12.1. The molecule has 0 aliphatic rings. The van der Waals surface area contributed by atoms with Crippen LogP contribution in [0, 0.1) is 0 Å². The Balaban J connectivity index is 1.49. The summed E-state index contributed by atoms with van der Waals surface area (Å²) in [6.07, 6.45) is 11.2. The van der Waals surface area contributed by atoms with Crippen molar-refractivity contribution in [3.8, 4) is 0 Å². The van der Waals surface area contributed by atoms with Crippen LogP contribution in [0.25, 0.3) is 12.2 Å². The molecule has 2 aromatic rings. The van der Waals surface area contributed by atoms with E-state index in [4.69, 9.17) is 18.3 Å². The molecule has 0 radical (unpaired) electrons. The third-order valence-corrected chi connectivity index (χ3v) is 2.66. The van der Waals surface area contributed by atoms with E-state index in [-0.39, 0.29) is 13.2 Å². The highest BCUT2D eigenvalue weighted by Gasteiger charge is 2.01.